The molecule has 156 valence electrons. The average Bonchev–Trinajstić information content (AvgIpc) is 3.63. The first-order valence-electron chi connectivity index (χ1n) is 10.3. The largest absolute Gasteiger partial charge is 0.433 e. The second-order valence-electron chi connectivity index (χ2n) is 8.39. The molecule has 0 radical (unpaired) electrons. The van der Waals surface area contributed by atoms with E-state index in [-0.39, 0.29) is 6.04 Å². The minimum absolute atomic E-state index is 0.208. The van der Waals surface area contributed by atoms with Crippen LogP contribution in [0.1, 0.15) is 61.5 Å². The van der Waals surface area contributed by atoms with E-state index in [1.807, 2.05) is 6.20 Å². The molecule has 3 heterocycles. The van der Waals surface area contributed by atoms with E-state index in [0.29, 0.717) is 17.8 Å². The van der Waals surface area contributed by atoms with Crippen molar-refractivity contribution in [2.45, 2.75) is 69.2 Å². The summed E-state index contributed by atoms with van der Waals surface area (Å²) in [4.78, 5) is 12.1. The first-order valence-corrected chi connectivity index (χ1v) is 10.3. The number of alkyl halides is 3. The highest BCUT2D eigenvalue weighted by atomic mass is 19.4. The van der Waals surface area contributed by atoms with Crippen molar-refractivity contribution >= 4 is 5.82 Å². The molecule has 0 spiro atoms. The molecule has 6 nitrogen and oxygen atoms in total. The first kappa shape index (κ1) is 18.8. The minimum atomic E-state index is -4.45. The lowest BCUT2D eigenvalue weighted by Gasteiger charge is -2.39. The van der Waals surface area contributed by atoms with Crippen molar-refractivity contribution in [1.29, 1.82) is 0 Å². The fraction of sp³-hybridized carbons (Fsp3) is 0.650. The van der Waals surface area contributed by atoms with E-state index < -0.39 is 11.9 Å². The van der Waals surface area contributed by atoms with Gasteiger partial charge in [-0.05, 0) is 38.5 Å². The zero-order chi connectivity index (χ0) is 20.0. The maximum absolute atomic E-state index is 13.1. The number of anilines is 1. The van der Waals surface area contributed by atoms with E-state index in [0.717, 1.165) is 63.5 Å². The average molecular weight is 407 g/mol. The second kappa shape index (κ2) is 7.27. The Morgan fingerprint density at radius 3 is 2.41 bits per heavy atom. The Hall–Kier alpha value is -2.16. The zero-order valence-corrected chi connectivity index (χ0v) is 16.1. The summed E-state index contributed by atoms with van der Waals surface area (Å²) in [6.45, 7) is 2.64. The van der Waals surface area contributed by atoms with Crippen LogP contribution in [0.25, 0.3) is 0 Å². The van der Waals surface area contributed by atoms with Gasteiger partial charge in [-0.25, -0.2) is 9.97 Å². The van der Waals surface area contributed by atoms with Gasteiger partial charge in [-0.2, -0.15) is 13.2 Å². The topological polar surface area (TPSA) is 58.3 Å². The summed E-state index contributed by atoms with van der Waals surface area (Å²) < 4.78 is 44.7. The summed E-state index contributed by atoms with van der Waals surface area (Å²) in [6, 6.07) is 1.60. The Labute approximate surface area is 167 Å². The van der Waals surface area contributed by atoms with E-state index in [4.69, 9.17) is 4.52 Å². The molecule has 0 aromatic carbocycles. The Morgan fingerprint density at radius 1 is 1.03 bits per heavy atom. The number of aromatic nitrogens is 3. The monoisotopic (exact) mass is 407 g/mol. The summed E-state index contributed by atoms with van der Waals surface area (Å²) in [5.74, 6) is 1.98. The van der Waals surface area contributed by atoms with Gasteiger partial charge in [0.25, 0.3) is 0 Å². The van der Waals surface area contributed by atoms with Gasteiger partial charge in [0.05, 0.1) is 6.20 Å². The molecule has 1 aliphatic heterocycles. The molecule has 0 amide bonds. The van der Waals surface area contributed by atoms with Crippen molar-refractivity contribution in [1.82, 2.24) is 20.0 Å². The van der Waals surface area contributed by atoms with Crippen LogP contribution in [-0.4, -0.2) is 45.2 Å². The van der Waals surface area contributed by atoms with Crippen molar-refractivity contribution in [3.8, 4) is 0 Å². The molecule has 5 rings (SSSR count). The lowest BCUT2D eigenvalue weighted by Crippen LogP contribution is -2.46. The molecule has 2 aliphatic carbocycles. The highest BCUT2D eigenvalue weighted by Gasteiger charge is 2.39. The fourth-order valence-corrected chi connectivity index (χ4v) is 4.33. The molecule has 29 heavy (non-hydrogen) atoms. The number of hydrogen-bond acceptors (Lipinski definition) is 6. The highest BCUT2D eigenvalue weighted by molar-refractivity contribution is 5.44. The van der Waals surface area contributed by atoms with Crippen LogP contribution in [0, 0.1) is 0 Å². The third kappa shape index (κ3) is 4.10. The van der Waals surface area contributed by atoms with E-state index in [1.54, 1.807) is 0 Å². The molecule has 2 aromatic heterocycles. The summed E-state index contributed by atoms with van der Waals surface area (Å²) in [5, 5.41) is 3.98. The third-order valence-electron chi connectivity index (χ3n) is 6.12. The minimum Gasteiger partial charge on any atom is -0.361 e. The molecule has 0 N–H and O–H groups in total. The van der Waals surface area contributed by atoms with Crippen LogP contribution in [0.5, 0.6) is 0 Å². The second-order valence-corrected chi connectivity index (χ2v) is 8.39. The normalized spacial score (nSPS) is 21.5. The van der Waals surface area contributed by atoms with Crippen LogP contribution in [0.2, 0.25) is 0 Å². The molecule has 3 fully saturated rings. The molecular weight excluding hydrogens is 383 g/mol. The SMILES string of the molecule is FC(F)(F)c1cc(N(C2CC2)C2CCN(Cc3cnoc3C3CC3)CC2)ncn1. The lowest BCUT2D eigenvalue weighted by molar-refractivity contribution is -0.141. The van der Waals surface area contributed by atoms with Crippen LogP contribution < -0.4 is 4.90 Å². The third-order valence-corrected chi connectivity index (χ3v) is 6.12. The number of halogens is 3. The van der Waals surface area contributed by atoms with E-state index in [2.05, 4.69) is 24.9 Å². The van der Waals surface area contributed by atoms with Crippen LogP contribution in [0.3, 0.4) is 0 Å². The number of hydrogen-bond donors (Lipinski definition) is 0. The quantitative estimate of drug-likeness (QED) is 0.722. The van der Waals surface area contributed by atoms with Crippen molar-refractivity contribution in [3.05, 3.63) is 35.6 Å². The van der Waals surface area contributed by atoms with Crippen molar-refractivity contribution in [3.63, 3.8) is 0 Å². The molecule has 0 bridgehead atoms. The van der Waals surface area contributed by atoms with Gasteiger partial charge in [0.15, 0.2) is 0 Å². The molecule has 0 unspecified atom stereocenters. The molecule has 2 saturated carbocycles. The maximum Gasteiger partial charge on any atom is 0.433 e. The molecule has 0 atom stereocenters. The number of rotatable bonds is 6. The lowest BCUT2D eigenvalue weighted by atomic mass is 10.0. The molecule has 1 saturated heterocycles. The van der Waals surface area contributed by atoms with Gasteiger partial charge in [-0.15, -0.1) is 0 Å². The van der Waals surface area contributed by atoms with Crippen LogP contribution in [0.15, 0.2) is 23.1 Å². The summed E-state index contributed by atoms with van der Waals surface area (Å²) in [7, 11) is 0. The Balaban J connectivity index is 1.25. The van der Waals surface area contributed by atoms with Crippen LogP contribution >= 0.6 is 0 Å². The van der Waals surface area contributed by atoms with Gasteiger partial charge in [-0.1, -0.05) is 5.16 Å². The highest BCUT2D eigenvalue weighted by Crippen LogP contribution is 2.42. The molecule has 9 heteroatoms. The van der Waals surface area contributed by atoms with Gasteiger partial charge < -0.3 is 9.42 Å². The maximum atomic E-state index is 13.1. The number of piperidine rings is 1. The zero-order valence-electron chi connectivity index (χ0n) is 16.1. The number of nitrogens with zero attached hydrogens (tertiary/aromatic N) is 5. The van der Waals surface area contributed by atoms with Crippen molar-refractivity contribution in [2.75, 3.05) is 18.0 Å². The molecule has 2 aromatic rings. The van der Waals surface area contributed by atoms with Gasteiger partial charge in [0.1, 0.15) is 23.6 Å². The van der Waals surface area contributed by atoms with E-state index in [1.165, 1.54) is 18.4 Å². The van der Waals surface area contributed by atoms with Crippen molar-refractivity contribution < 1.29 is 17.7 Å². The predicted octanol–water partition coefficient (Wildman–Crippen LogP) is 3.99. The fourth-order valence-electron chi connectivity index (χ4n) is 4.33. The summed E-state index contributed by atoms with van der Waals surface area (Å²) in [5.41, 5.74) is 0.307. The van der Waals surface area contributed by atoms with Crippen LogP contribution in [0.4, 0.5) is 19.0 Å². The van der Waals surface area contributed by atoms with Gasteiger partial charge in [-0.3, -0.25) is 4.90 Å². The standard InChI is InChI=1S/C20H24F3N5O/c21-20(22,23)17-9-18(25-12-24-17)28(15-3-4-15)16-5-7-27(8-6-16)11-14-10-26-29-19(14)13-1-2-13/h9-10,12-13,15-16H,1-8,11H2. The van der Waals surface area contributed by atoms with Gasteiger partial charge in [0, 0.05) is 49.3 Å². The van der Waals surface area contributed by atoms with Gasteiger partial charge >= 0.3 is 6.18 Å². The predicted molar refractivity (Wildman–Crippen MR) is 99.3 cm³/mol. The van der Waals surface area contributed by atoms with Crippen molar-refractivity contribution in [2.24, 2.45) is 0 Å². The Morgan fingerprint density at radius 2 is 1.76 bits per heavy atom. The smallest absolute Gasteiger partial charge is 0.361 e. The number of likely N-dealkylation sites (tertiary alicyclic amines) is 1. The van der Waals surface area contributed by atoms with E-state index >= 15 is 0 Å². The molecular formula is C20H24F3N5O. The Kier molecular flexibility index (Phi) is 4.72. The van der Waals surface area contributed by atoms with Crippen LogP contribution in [-0.2, 0) is 12.7 Å². The summed E-state index contributed by atoms with van der Waals surface area (Å²) >= 11 is 0. The summed E-state index contributed by atoms with van der Waals surface area (Å²) in [6.07, 6.45) is 4.61. The van der Waals surface area contributed by atoms with E-state index in [9.17, 15) is 13.2 Å². The Bertz CT molecular complexity index is 854. The molecule has 3 aliphatic rings. The van der Waals surface area contributed by atoms with Gasteiger partial charge in [0.2, 0.25) is 0 Å². The first-order chi connectivity index (χ1) is 14.0.